The Morgan fingerprint density at radius 2 is 2.25 bits per heavy atom. The molecule has 0 unspecified atom stereocenters. The molecule has 60 valence electrons. The number of rotatable bonds is 0. The Morgan fingerprint density at radius 3 is 3.00 bits per heavy atom. The third-order valence-corrected chi connectivity index (χ3v) is 1.67. The topological polar surface area (TPSA) is 55.1 Å². The number of pyridine rings is 2. The van der Waals surface area contributed by atoms with Crippen LogP contribution < -0.4 is 5.56 Å². The first-order valence-corrected chi connectivity index (χ1v) is 3.45. The summed E-state index contributed by atoms with van der Waals surface area (Å²) in [5, 5.41) is 9.25. The molecule has 2 aliphatic heterocycles. The van der Waals surface area contributed by atoms with Crippen molar-refractivity contribution in [3.8, 4) is 11.3 Å². The maximum absolute atomic E-state index is 11.1. The highest BCUT2D eigenvalue weighted by atomic mass is 16.5. The highest BCUT2D eigenvalue weighted by molar-refractivity contribution is 5.58. The summed E-state index contributed by atoms with van der Waals surface area (Å²) >= 11 is 0. The summed E-state index contributed by atoms with van der Waals surface area (Å²) in [6, 6.07) is 4.79. The molecule has 2 rings (SSSR count). The Labute approximate surface area is 68.0 Å². The molecule has 0 aliphatic carbocycles. The van der Waals surface area contributed by atoms with E-state index in [1.54, 1.807) is 18.2 Å². The third kappa shape index (κ3) is 0.852. The van der Waals surface area contributed by atoms with Crippen LogP contribution in [0.2, 0.25) is 0 Å². The molecular weight excluding hydrogens is 156 g/mol. The zero-order valence-corrected chi connectivity index (χ0v) is 6.14. The zero-order chi connectivity index (χ0) is 8.55. The minimum atomic E-state index is -0.323. The van der Waals surface area contributed by atoms with Crippen LogP contribution in [0.15, 0.2) is 35.4 Å². The van der Waals surface area contributed by atoms with Crippen molar-refractivity contribution in [3.05, 3.63) is 40.9 Å². The van der Waals surface area contributed by atoms with Gasteiger partial charge in [0, 0.05) is 12.4 Å². The number of hydrogen-bond acceptors (Lipinski definition) is 3. The average Bonchev–Trinajstić information content (AvgIpc) is 2.07. The van der Waals surface area contributed by atoms with E-state index in [0.29, 0.717) is 11.3 Å². The molecule has 0 aromatic rings. The van der Waals surface area contributed by atoms with Gasteiger partial charge in [-0.05, 0) is 18.2 Å². The van der Waals surface area contributed by atoms with Crippen LogP contribution in [0.1, 0.15) is 0 Å². The number of hydrogen-bond donors (Lipinski definition) is 1. The van der Waals surface area contributed by atoms with E-state index in [4.69, 9.17) is 0 Å². The van der Waals surface area contributed by atoms with E-state index < -0.39 is 0 Å². The summed E-state index contributed by atoms with van der Waals surface area (Å²) in [4.78, 5) is 14.7. The Kier molecular flexibility index (Phi) is 1.33. The fourth-order valence-corrected chi connectivity index (χ4v) is 1.10. The van der Waals surface area contributed by atoms with Gasteiger partial charge in [-0.15, -0.1) is 0 Å². The predicted octanol–water partition coefficient (Wildman–Crippen LogP) is 0.585. The van der Waals surface area contributed by atoms with E-state index in [1.165, 1.54) is 12.4 Å². The normalized spacial score (nSPS) is 10.3. The lowest BCUT2D eigenvalue weighted by atomic mass is 10.2. The molecule has 12 heavy (non-hydrogen) atoms. The first-order chi connectivity index (χ1) is 5.79. The van der Waals surface area contributed by atoms with Crippen LogP contribution in [0.25, 0.3) is 11.3 Å². The summed E-state index contributed by atoms with van der Waals surface area (Å²) in [5.74, 6) is 0. The van der Waals surface area contributed by atoms with E-state index in [0.717, 1.165) is 4.73 Å². The fourth-order valence-electron chi connectivity index (χ4n) is 1.10. The molecular formula is C8H6N2O2. The van der Waals surface area contributed by atoms with Crippen LogP contribution in [-0.2, 0) is 0 Å². The molecule has 0 radical (unpaired) electrons. The minimum Gasteiger partial charge on any atom is -0.428 e. The Hall–Kier alpha value is -1.84. The standard InChI is InChI=1S/C8H6N2O2/c11-8-6-2-1-5-10(12)7(6)3-4-9-8/h1-5,12H. The van der Waals surface area contributed by atoms with Gasteiger partial charge in [-0.3, -0.25) is 4.79 Å². The molecule has 1 N–H and O–H groups in total. The van der Waals surface area contributed by atoms with E-state index in [-0.39, 0.29) is 5.56 Å². The van der Waals surface area contributed by atoms with Crippen molar-refractivity contribution in [1.29, 1.82) is 0 Å². The first kappa shape index (κ1) is 6.84. The molecule has 0 atom stereocenters. The van der Waals surface area contributed by atoms with Crippen LogP contribution in [0.3, 0.4) is 0 Å². The largest absolute Gasteiger partial charge is 0.428 e. The summed E-state index contributed by atoms with van der Waals surface area (Å²) in [6.07, 6.45) is 2.83. The monoisotopic (exact) mass is 162 g/mol. The molecule has 4 nitrogen and oxygen atoms in total. The molecule has 0 fully saturated rings. The van der Waals surface area contributed by atoms with E-state index in [1.807, 2.05) is 0 Å². The second-order valence-electron chi connectivity index (χ2n) is 2.40. The van der Waals surface area contributed by atoms with Crippen molar-refractivity contribution in [3.63, 3.8) is 0 Å². The van der Waals surface area contributed by atoms with Gasteiger partial charge in [0.05, 0.1) is 11.3 Å². The van der Waals surface area contributed by atoms with Gasteiger partial charge in [-0.1, -0.05) is 0 Å². The molecule has 4 heteroatoms. The molecule has 0 bridgehead atoms. The molecule has 2 aliphatic rings. The first-order valence-electron chi connectivity index (χ1n) is 3.45. The van der Waals surface area contributed by atoms with Gasteiger partial charge in [0.15, 0.2) is 0 Å². The minimum absolute atomic E-state index is 0.323. The number of nitrogens with zero attached hydrogens (tertiary/aromatic N) is 2. The quantitative estimate of drug-likeness (QED) is 0.576. The molecule has 0 saturated carbocycles. The van der Waals surface area contributed by atoms with Crippen molar-refractivity contribution >= 4 is 0 Å². The molecule has 0 aromatic heterocycles. The molecule has 0 aromatic carbocycles. The van der Waals surface area contributed by atoms with Gasteiger partial charge in [0.1, 0.15) is 0 Å². The number of aromatic nitrogens is 2. The average molecular weight is 162 g/mol. The Bertz CT molecular complexity index is 436. The summed E-state index contributed by atoms with van der Waals surface area (Å²) < 4.78 is 0.901. The van der Waals surface area contributed by atoms with Gasteiger partial charge < -0.3 is 5.21 Å². The van der Waals surface area contributed by atoms with Crippen LogP contribution in [0, 0.1) is 0 Å². The lowest BCUT2D eigenvalue weighted by molar-refractivity contribution is 0.189. The van der Waals surface area contributed by atoms with E-state index >= 15 is 0 Å². The van der Waals surface area contributed by atoms with Gasteiger partial charge in [0.25, 0.3) is 5.56 Å². The van der Waals surface area contributed by atoms with Gasteiger partial charge in [-0.25, -0.2) is 4.98 Å². The summed E-state index contributed by atoms with van der Waals surface area (Å²) in [7, 11) is 0. The van der Waals surface area contributed by atoms with Crippen LogP contribution in [-0.4, -0.2) is 14.9 Å². The van der Waals surface area contributed by atoms with Crippen molar-refractivity contribution in [1.82, 2.24) is 9.71 Å². The van der Waals surface area contributed by atoms with Crippen molar-refractivity contribution in [2.75, 3.05) is 0 Å². The van der Waals surface area contributed by atoms with Crippen LogP contribution in [0.5, 0.6) is 0 Å². The summed E-state index contributed by atoms with van der Waals surface area (Å²) in [5.41, 5.74) is 0.566. The van der Waals surface area contributed by atoms with Gasteiger partial charge in [-0.2, -0.15) is 4.73 Å². The number of fused-ring (bicyclic) bond motifs is 1. The lowest BCUT2D eigenvalue weighted by Crippen LogP contribution is -2.12. The summed E-state index contributed by atoms with van der Waals surface area (Å²) in [6.45, 7) is 0. The van der Waals surface area contributed by atoms with Crippen LogP contribution in [0.4, 0.5) is 0 Å². The lowest BCUT2D eigenvalue weighted by Gasteiger charge is -2.06. The van der Waals surface area contributed by atoms with E-state index in [2.05, 4.69) is 4.98 Å². The van der Waals surface area contributed by atoms with Crippen molar-refractivity contribution in [2.24, 2.45) is 0 Å². The van der Waals surface area contributed by atoms with E-state index in [9.17, 15) is 10.0 Å². The third-order valence-electron chi connectivity index (χ3n) is 1.67. The zero-order valence-electron chi connectivity index (χ0n) is 6.14. The molecule has 0 saturated heterocycles. The predicted molar refractivity (Wildman–Crippen MR) is 42.3 cm³/mol. The second kappa shape index (κ2) is 2.34. The SMILES string of the molecule is O=c1nccc2n(O)cccc1-2. The highest BCUT2D eigenvalue weighted by Gasteiger charge is 2.07. The molecule has 2 heterocycles. The van der Waals surface area contributed by atoms with Crippen molar-refractivity contribution in [2.45, 2.75) is 0 Å². The Morgan fingerprint density at radius 1 is 1.42 bits per heavy atom. The van der Waals surface area contributed by atoms with Gasteiger partial charge >= 0.3 is 0 Å². The molecule has 0 spiro atoms. The fraction of sp³-hybridized carbons (Fsp3) is 0. The molecule has 0 amide bonds. The van der Waals surface area contributed by atoms with Gasteiger partial charge in [0.2, 0.25) is 0 Å². The maximum Gasteiger partial charge on any atom is 0.279 e. The highest BCUT2D eigenvalue weighted by Crippen LogP contribution is 2.13. The van der Waals surface area contributed by atoms with Crippen LogP contribution >= 0.6 is 0 Å². The smallest absolute Gasteiger partial charge is 0.279 e. The van der Waals surface area contributed by atoms with Crippen molar-refractivity contribution < 1.29 is 5.21 Å². The Balaban J connectivity index is 2.91. The second-order valence-corrected chi connectivity index (χ2v) is 2.40. The maximum atomic E-state index is 11.1.